The molecule has 0 aliphatic heterocycles. The fraction of sp³-hybridized carbons (Fsp3) is 0.400. The lowest BCUT2D eigenvalue weighted by atomic mass is 9.80. The van der Waals surface area contributed by atoms with Crippen molar-refractivity contribution in [1.82, 2.24) is 14.8 Å². The van der Waals surface area contributed by atoms with Crippen LogP contribution in [0.4, 0.5) is 4.39 Å². The van der Waals surface area contributed by atoms with Gasteiger partial charge in [0.2, 0.25) is 0 Å². The summed E-state index contributed by atoms with van der Waals surface area (Å²) < 4.78 is 15.7. The molecule has 160 valence electrons. The minimum atomic E-state index is -0.283. The average Bonchev–Trinajstić information content (AvgIpc) is 3.03. The number of benzene rings is 1. The Hall–Kier alpha value is -2.82. The summed E-state index contributed by atoms with van der Waals surface area (Å²) in [6, 6.07) is 4.72. The van der Waals surface area contributed by atoms with Gasteiger partial charge in [0.1, 0.15) is 5.82 Å². The zero-order valence-electron chi connectivity index (χ0n) is 19.3. The molecular weight excluding hydrogens is 375 g/mol. The van der Waals surface area contributed by atoms with E-state index in [9.17, 15) is 4.39 Å². The van der Waals surface area contributed by atoms with E-state index in [1.165, 1.54) is 12.1 Å². The van der Waals surface area contributed by atoms with E-state index in [0.717, 1.165) is 46.7 Å². The number of halogens is 1. The van der Waals surface area contributed by atoms with Crippen LogP contribution in [0.3, 0.4) is 0 Å². The van der Waals surface area contributed by atoms with E-state index >= 15 is 0 Å². The monoisotopic (exact) mass is 408 g/mol. The van der Waals surface area contributed by atoms with Crippen molar-refractivity contribution in [2.24, 2.45) is 17.5 Å². The van der Waals surface area contributed by atoms with Crippen molar-refractivity contribution < 1.29 is 4.39 Å². The summed E-state index contributed by atoms with van der Waals surface area (Å²) in [5.41, 5.74) is 4.86. The van der Waals surface area contributed by atoms with Crippen LogP contribution in [0.15, 0.2) is 53.2 Å². The predicted octanol–water partition coefficient (Wildman–Crippen LogP) is 6.69. The molecule has 1 heterocycles. The molecule has 2 aromatic rings. The molecule has 0 radical (unpaired) electrons. The van der Waals surface area contributed by atoms with Crippen molar-refractivity contribution >= 4 is 11.8 Å². The van der Waals surface area contributed by atoms with Crippen LogP contribution in [0.2, 0.25) is 0 Å². The van der Waals surface area contributed by atoms with Crippen LogP contribution in [-0.4, -0.2) is 20.5 Å². The molecule has 0 aliphatic carbocycles. The minimum absolute atomic E-state index is 0.105. The van der Waals surface area contributed by atoms with Gasteiger partial charge in [-0.05, 0) is 68.4 Å². The van der Waals surface area contributed by atoms with Gasteiger partial charge < -0.3 is 4.57 Å². The Kier molecular flexibility index (Phi) is 7.65. The summed E-state index contributed by atoms with van der Waals surface area (Å²) in [6.07, 6.45) is 7.46. The second-order valence-corrected chi connectivity index (χ2v) is 8.66. The molecule has 1 aromatic heterocycles. The standard InChI is InChI=1S/C25H33FN4/c1-9-14-27-19(4)12-10-18(3)22(25(5,6)7)16-23-28-29-24(30(23)8)21-15-20(26)13-11-17(21)2/h9,11,13-16H,3,10,12H2,1-2,4-8H3/b14-9-,22-16+,27-19?. The first-order chi connectivity index (χ1) is 14.0. The van der Waals surface area contributed by atoms with E-state index in [1.807, 2.05) is 50.7 Å². The third-order valence-electron chi connectivity index (χ3n) is 5.04. The topological polar surface area (TPSA) is 43.1 Å². The highest BCUT2D eigenvalue weighted by molar-refractivity contribution is 5.82. The van der Waals surface area contributed by atoms with E-state index in [4.69, 9.17) is 0 Å². The molecule has 1 aromatic carbocycles. The summed E-state index contributed by atoms with van der Waals surface area (Å²) in [7, 11) is 1.91. The molecule has 4 nitrogen and oxygen atoms in total. The molecule has 0 amide bonds. The maximum Gasteiger partial charge on any atom is 0.164 e. The molecule has 0 saturated carbocycles. The Morgan fingerprint density at radius 1 is 1.23 bits per heavy atom. The van der Waals surface area contributed by atoms with Crippen LogP contribution in [-0.2, 0) is 7.05 Å². The van der Waals surface area contributed by atoms with Gasteiger partial charge in [0.05, 0.1) is 0 Å². The summed E-state index contributed by atoms with van der Waals surface area (Å²) in [5.74, 6) is 1.08. The molecule has 0 fully saturated rings. The predicted molar refractivity (Wildman–Crippen MR) is 125 cm³/mol. The number of hydrogen-bond acceptors (Lipinski definition) is 3. The molecule has 0 saturated heterocycles. The lowest BCUT2D eigenvalue weighted by Crippen LogP contribution is -2.12. The van der Waals surface area contributed by atoms with Crippen molar-refractivity contribution in [1.29, 1.82) is 0 Å². The highest BCUT2D eigenvalue weighted by Crippen LogP contribution is 2.34. The van der Waals surface area contributed by atoms with Crippen LogP contribution in [0.5, 0.6) is 0 Å². The van der Waals surface area contributed by atoms with E-state index in [0.29, 0.717) is 5.82 Å². The van der Waals surface area contributed by atoms with Crippen molar-refractivity contribution in [3.63, 3.8) is 0 Å². The first kappa shape index (κ1) is 23.5. The maximum absolute atomic E-state index is 13.8. The molecule has 0 aliphatic rings. The molecule has 2 rings (SSSR count). The Labute approximate surface area is 180 Å². The first-order valence-electron chi connectivity index (χ1n) is 10.2. The first-order valence-corrected chi connectivity index (χ1v) is 10.2. The Morgan fingerprint density at radius 3 is 2.57 bits per heavy atom. The Bertz CT molecular complexity index is 1000. The molecule has 0 spiro atoms. The summed E-state index contributed by atoms with van der Waals surface area (Å²) >= 11 is 0. The lowest BCUT2D eigenvalue weighted by molar-refractivity contribution is 0.510. The Balaban J connectivity index is 2.38. The maximum atomic E-state index is 13.8. The average molecular weight is 409 g/mol. The van der Waals surface area contributed by atoms with E-state index in [-0.39, 0.29) is 11.2 Å². The molecule has 5 heteroatoms. The largest absolute Gasteiger partial charge is 0.311 e. The van der Waals surface area contributed by atoms with Gasteiger partial charge in [0.25, 0.3) is 0 Å². The minimum Gasteiger partial charge on any atom is -0.311 e. The zero-order chi connectivity index (χ0) is 22.5. The Morgan fingerprint density at radius 2 is 1.93 bits per heavy atom. The second-order valence-electron chi connectivity index (χ2n) is 8.66. The van der Waals surface area contributed by atoms with Crippen molar-refractivity contribution in [2.75, 3.05) is 0 Å². The highest BCUT2D eigenvalue weighted by atomic mass is 19.1. The third kappa shape index (κ3) is 5.85. The van der Waals surface area contributed by atoms with Crippen LogP contribution in [0, 0.1) is 18.2 Å². The van der Waals surface area contributed by atoms with Crippen LogP contribution in [0.25, 0.3) is 17.5 Å². The van der Waals surface area contributed by atoms with Crippen LogP contribution in [0.1, 0.15) is 58.8 Å². The number of rotatable bonds is 7. The number of nitrogens with zero attached hydrogens (tertiary/aromatic N) is 4. The number of hydrogen-bond donors (Lipinski definition) is 0. The number of aromatic nitrogens is 3. The summed E-state index contributed by atoms with van der Waals surface area (Å²) in [4.78, 5) is 4.40. The molecule has 0 N–H and O–H groups in total. The SMILES string of the molecule is C=C(CCC(C)=N/C=C\C)/C(=C\c1nnc(-c2cc(F)ccc2C)n1C)C(C)(C)C. The molecule has 0 unspecified atom stereocenters. The molecule has 0 bridgehead atoms. The van der Waals surface area contributed by atoms with Gasteiger partial charge in [-0.25, -0.2) is 4.39 Å². The fourth-order valence-corrected chi connectivity index (χ4v) is 3.25. The fourth-order valence-electron chi connectivity index (χ4n) is 3.25. The van der Waals surface area contributed by atoms with Crippen LogP contribution < -0.4 is 0 Å². The third-order valence-corrected chi connectivity index (χ3v) is 5.04. The summed E-state index contributed by atoms with van der Waals surface area (Å²) in [6.45, 7) is 16.8. The quantitative estimate of drug-likeness (QED) is 0.378. The smallest absolute Gasteiger partial charge is 0.164 e. The van der Waals surface area contributed by atoms with Gasteiger partial charge in [-0.1, -0.05) is 45.1 Å². The van der Waals surface area contributed by atoms with Gasteiger partial charge in [-0.3, -0.25) is 4.99 Å². The number of aryl methyl sites for hydroxylation is 1. The molecule has 0 atom stereocenters. The van der Waals surface area contributed by atoms with E-state index < -0.39 is 0 Å². The lowest BCUT2D eigenvalue weighted by Gasteiger charge is -2.25. The van der Waals surface area contributed by atoms with E-state index in [2.05, 4.69) is 42.5 Å². The normalized spacial score (nSPS) is 13.3. The molecular formula is C25H33FN4. The van der Waals surface area contributed by atoms with Crippen molar-refractivity contribution in [3.05, 3.63) is 65.4 Å². The van der Waals surface area contributed by atoms with Crippen molar-refractivity contribution in [3.8, 4) is 11.4 Å². The number of aliphatic imine (C=N–C) groups is 1. The van der Waals surface area contributed by atoms with Gasteiger partial charge >= 0.3 is 0 Å². The van der Waals surface area contributed by atoms with Gasteiger partial charge in [-0.15, -0.1) is 10.2 Å². The summed E-state index contributed by atoms with van der Waals surface area (Å²) in [5, 5.41) is 8.71. The number of allylic oxidation sites excluding steroid dienone is 3. The van der Waals surface area contributed by atoms with Gasteiger partial charge in [0.15, 0.2) is 11.6 Å². The second kappa shape index (κ2) is 9.79. The van der Waals surface area contributed by atoms with Gasteiger partial charge in [0, 0.05) is 24.5 Å². The van der Waals surface area contributed by atoms with Gasteiger partial charge in [-0.2, -0.15) is 0 Å². The van der Waals surface area contributed by atoms with Crippen molar-refractivity contribution in [2.45, 2.75) is 54.4 Å². The molecule has 30 heavy (non-hydrogen) atoms. The van der Waals surface area contributed by atoms with Crippen LogP contribution >= 0.6 is 0 Å². The van der Waals surface area contributed by atoms with E-state index in [1.54, 1.807) is 6.07 Å². The zero-order valence-corrected chi connectivity index (χ0v) is 19.3. The highest BCUT2D eigenvalue weighted by Gasteiger charge is 2.21.